The second-order valence-corrected chi connectivity index (χ2v) is 8.27. The Labute approximate surface area is 148 Å². The van der Waals surface area contributed by atoms with Crippen molar-refractivity contribution in [3.8, 4) is 0 Å². The highest BCUT2D eigenvalue weighted by atomic mass is 32.2. The predicted octanol–water partition coefficient (Wildman–Crippen LogP) is 2.14. The summed E-state index contributed by atoms with van der Waals surface area (Å²) < 4.78 is 32.2. The highest BCUT2D eigenvalue weighted by Gasteiger charge is 2.27. The molecular weight excluding hydrogens is 346 g/mol. The molecule has 0 amide bonds. The smallest absolute Gasteiger partial charge is 0.293 e. The Bertz CT molecular complexity index is 714. The van der Waals surface area contributed by atoms with Crippen molar-refractivity contribution in [1.29, 1.82) is 0 Å². The van der Waals surface area contributed by atoms with E-state index in [0.29, 0.717) is 11.6 Å². The van der Waals surface area contributed by atoms with Crippen LogP contribution < -0.4 is 9.62 Å². The third-order valence-electron chi connectivity index (χ3n) is 4.35. The lowest BCUT2D eigenvalue weighted by atomic mass is 9.98. The highest BCUT2D eigenvalue weighted by molar-refractivity contribution is 7.89. The molecule has 1 aliphatic rings. The summed E-state index contributed by atoms with van der Waals surface area (Å²) in [7, 11) is -2.37. The van der Waals surface area contributed by atoms with Crippen LogP contribution in [0.2, 0.25) is 0 Å². The molecule has 0 aliphatic carbocycles. The maximum Gasteiger partial charge on any atom is 0.293 e. The number of hydrogen-bond acceptors (Lipinski definition) is 6. The first-order chi connectivity index (χ1) is 11.7. The van der Waals surface area contributed by atoms with Gasteiger partial charge in [-0.05, 0) is 37.8 Å². The van der Waals surface area contributed by atoms with Crippen molar-refractivity contribution >= 4 is 21.4 Å². The number of ether oxygens (including phenoxy) is 1. The van der Waals surface area contributed by atoms with E-state index in [1.165, 1.54) is 19.2 Å². The number of hydrogen-bond donors (Lipinski definition) is 1. The molecule has 1 heterocycles. The number of rotatable bonds is 7. The number of piperidine rings is 1. The van der Waals surface area contributed by atoms with Crippen LogP contribution in [0.4, 0.5) is 11.4 Å². The molecule has 1 fully saturated rings. The van der Waals surface area contributed by atoms with Gasteiger partial charge in [0.25, 0.3) is 5.69 Å². The fourth-order valence-electron chi connectivity index (χ4n) is 2.95. The van der Waals surface area contributed by atoms with E-state index in [0.717, 1.165) is 32.0 Å². The van der Waals surface area contributed by atoms with Gasteiger partial charge in [0.15, 0.2) is 0 Å². The monoisotopic (exact) mass is 371 g/mol. The van der Waals surface area contributed by atoms with Crippen LogP contribution in [0.25, 0.3) is 0 Å². The maximum absolute atomic E-state index is 12.4. The largest absolute Gasteiger partial charge is 0.383 e. The van der Waals surface area contributed by atoms with Gasteiger partial charge in [-0.3, -0.25) is 10.1 Å². The number of methoxy groups -OCH3 is 1. The van der Waals surface area contributed by atoms with E-state index in [-0.39, 0.29) is 17.2 Å². The Hall–Kier alpha value is -1.71. The van der Waals surface area contributed by atoms with Crippen molar-refractivity contribution < 1.29 is 18.1 Å². The zero-order chi connectivity index (χ0) is 18.6. The standard InChI is InChI=1S/C16H25N3O5S/c1-12-6-8-18(9-7-12)15-5-4-14(10-16(15)19(20)21)25(22,23)17-13(2)11-24-3/h4-5,10,12-13,17H,6-9,11H2,1-3H3/t13-/m1/s1. The number of nitrogens with zero attached hydrogens (tertiary/aromatic N) is 2. The quantitative estimate of drug-likeness (QED) is 0.582. The summed E-state index contributed by atoms with van der Waals surface area (Å²) in [4.78, 5) is 12.8. The van der Waals surface area contributed by atoms with Gasteiger partial charge in [-0.2, -0.15) is 0 Å². The van der Waals surface area contributed by atoms with E-state index in [2.05, 4.69) is 11.6 Å². The fourth-order valence-corrected chi connectivity index (χ4v) is 4.20. The van der Waals surface area contributed by atoms with Crippen molar-refractivity contribution in [2.75, 3.05) is 31.7 Å². The number of benzene rings is 1. The Morgan fingerprint density at radius 2 is 2.04 bits per heavy atom. The number of nitro benzene ring substituents is 1. The van der Waals surface area contributed by atoms with Crippen LogP contribution in [0.15, 0.2) is 23.1 Å². The first-order valence-electron chi connectivity index (χ1n) is 8.29. The summed E-state index contributed by atoms with van der Waals surface area (Å²) >= 11 is 0. The van der Waals surface area contributed by atoms with Crippen LogP contribution in [0.3, 0.4) is 0 Å². The molecule has 1 saturated heterocycles. The average Bonchev–Trinajstić information content (AvgIpc) is 2.54. The third kappa shape index (κ3) is 4.90. The zero-order valence-corrected chi connectivity index (χ0v) is 15.6. The zero-order valence-electron chi connectivity index (χ0n) is 14.8. The van der Waals surface area contributed by atoms with Gasteiger partial charge in [-0.15, -0.1) is 0 Å². The van der Waals surface area contributed by atoms with E-state index in [9.17, 15) is 18.5 Å². The van der Waals surface area contributed by atoms with Gasteiger partial charge in [0.05, 0.1) is 16.4 Å². The van der Waals surface area contributed by atoms with Crippen LogP contribution in [0.5, 0.6) is 0 Å². The van der Waals surface area contributed by atoms with Gasteiger partial charge in [-0.25, -0.2) is 13.1 Å². The number of anilines is 1. The van der Waals surface area contributed by atoms with E-state index in [4.69, 9.17) is 4.74 Å². The molecule has 0 aromatic heterocycles. The van der Waals surface area contributed by atoms with Gasteiger partial charge in [0.1, 0.15) is 5.69 Å². The molecule has 25 heavy (non-hydrogen) atoms. The van der Waals surface area contributed by atoms with E-state index >= 15 is 0 Å². The van der Waals surface area contributed by atoms with Crippen molar-refractivity contribution in [3.05, 3.63) is 28.3 Å². The molecule has 1 N–H and O–H groups in total. The van der Waals surface area contributed by atoms with Crippen LogP contribution in [-0.4, -0.2) is 46.2 Å². The van der Waals surface area contributed by atoms with Gasteiger partial charge < -0.3 is 9.64 Å². The van der Waals surface area contributed by atoms with Crippen molar-refractivity contribution in [3.63, 3.8) is 0 Å². The molecule has 1 aromatic carbocycles. The topological polar surface area (TPSA) is 102 Å². The molecule has 0 unspecified atom stereocenters. The van der Waals surface area contributed by atoms with Crippen LogP contribution in [0.1, 0.15) is 26.7 Å². The molecule has 1 aliphatic heterocycles. The lowest BCUT2D eigenvalue weighted by Crippen LogP contribution is -2.36. The van der Waals surface area contributed by atoms with Crippen LogP contribution >= 0.6 is 0 Å². The van der Waals surface area contributed by atoms with Gasteiger partial charge in [-0.1, -0.05) is 6.92 Å². The lowest BCUT2D eigenvalue weighted by Gasteiger charge is -2.31. The summed E-state index contributed by atoms with van der Waals surface area (Å²) in [6, 6.07) is 3.65. The lowest BCUT2D eigenvalue weighted by molar-refractivity contribution is -0.384. The molecule has 0 radical (unpaired) electrons. The number of nitro groups is 1. The first kappa shape index (κ1) is 19.6. The molecule has 0 bridgehead atoms. The maximum atomic E-state index is 12.4. The van der Waals surface area contributed by atoms with E-state index < -0.39 is 21.0 Å². The Morgan fingerprint density at radius 3 is 2.60 bits per heavy atom. The molecule has 9 heteroatoms. The minimum Gasteiger partial charge on any atom is -0.383 e. The predicted molar refractivity (Wildman–Crippen MR) is 95.4 cm³/mol. The van der Waals surface area contributed by atoms with Crippen molar-refractivity contribution in [2.45, 2.75) is 37.6 Å². The molecular formula is C16H25N3O5S. The molecule has 2 rings (SSSR count). The summed E-state index contributed by atoms with van der Waals surface area (Å²) in [5, 5.41) is 11.5. The van der Waals surface area contributed by atoms with Gasteiger partial charge >= 0.3 is 0 Å². The first-order valence-corrected chi connectivity index (χ1v) is 9.77. The number of sulfonamides is 1. The highest BCUT2D eigenvalue weighted by Crippen LogP contribution is 2.33. The molecule has 0 spiro atoms. The SMILES string of the molecule is COC[C@@H](C)NS(=O)(=O)c1ccc(N2CCC(C)CC2)c([N+](=O)[O-])c1. The minimum absolute atomic E-state index is 0.115. The molecule has 0 saturated carbocycles. The van der Waals surface area contributed by atoms with Crippen LogP contribution in [-0.2, 0) is 14.8 Å². The Morgan fingerprint density at radius 1 is 1.40 bits per heavy atom. The second kappa shape index (κ2) is 8.11. The molecule has 1 atom stereocenters. The van der Waals surface area contributed by atoms with Crippen LogP contribution in [0, 0.1) is 16.0 Å². The minimum atomic E-state index is -3.85. The fraction of sp³-hybridized carbons (Fsp3) is 0.625. The average molecular weight is 371 g/mol. The third-order valence-corrected chi connectivity index (χ3v) is 5.94. The summed E-state index contributed by atoms with van der Waals surface area (Å²) in [5.41, 5.74) is 0.289. The normalized spacial score (nSPS) is 17.5. The van der Waals surface area contributed by atoms with Crippen molar-refractivity contribution in [1.82, 2.24) is 4.72 Å². The molecule has 8 nitrogen and oxygen atoms in total. The second-order valence-electron chi connectivity index (χ2n) is 6.55. The van der Waals surface area contributed by atoms with E-state index in [1.54, 1.807) is 6.92 Å². The van der Waals surface area contributed by atoms with Gasteiger partial charge in [0, 0.05) is 32.3 Å². The van der Waals surface area contributed by atoms with Crippen molar-refractivity contribution in [2.24, 2.45) is 5.92 Å². The Kier molecular flexibility index (Phi) is 6.36. The summed E-state index contributed by atoms with van der Waals surface area (Å²) in [6.45, 7) is 5.51. The van der Waals surface area contributed by atoms with Gasteiger partial charge in [0.2, 0.25) is 10.0 Å². The number of nitrogens with one attached hydrogen (secondary N) is 1. The summed E-state index contributed by atoms with van der Waals surface area (Å²) in [6.07, 6.45) is 1.93. The Balaban J connectivity index is 2.31. The summed E-state index contributed by atoms with van der Waals surface area (Å²) in [5.74, 6) is 0.599. The van der Waals surface area contributed by atoms with E-state index in [1.807, 2.05) is 4.90 Å². The molecule has 1 aromatic rings. The molecule has 140 valence electrons.